The van der Waals surface area contributed by atoms with Crippen molar-refractivity contribution < 1.29 is 14.5 Å². The molecule has 1 fully saturated rings. The first-order valence-electron chi connectivity index (χ1n) is 13.7. The number of rotatable bonds is 12. The average Bonchev–Trinajstić information content (AvgIpc) is 2.98. The lowest BCUT2D eigenvalue weighted by Gasteiger charge is -2.33. The van der Waals surface area contributed by atoms with Crippen LogP contribution in [0.4, 0.5) is 5.69 Å². The summed E-state index contributed by atoms with van der Waals surface area (Å²) in [4.78, 5) is 39.8. The summed E-state index contributed by atoms with van der Waals surface area (Å²) in [6, 6.07) is 20.6. The van der Waals surface area contributed by atoms with Gasteiger partial charge >= 0.3 is 0 Å². The summed E-state index contributed by atoms with van der Waals surface area (Å²) in [6.07, 6.45) is 5.59. The van der Waals surface area contributed by atoms with E-state index in [9.17, 15) is 19.7 Å². The molecule has 1 atom stereocenters. The maximum Gasteiger partial charge on any atom is 0.269 e. The Morgan fingerprint density at radius 3 is 2.27 bits per heavy atom. The summed E-state index contributed by atoms with van der Waals surface area (Å²) in [5.74, 6) is 0.305. The van der Waals surface area contributed by atoms with E-state index in [1.807, 2.05) is 36.4 Å². The van der Waals surface area contributed by atoms with Gasteiger partial charge in [0.1, 0.15) is 6.04 Å². The Bertz CT molecular complexity index is 1330. The van der Waals surface area contributed by atoms with Crippen LogP contribution in [0.15, 0.2) is 72.8 Å². The fourth-order valence-electron chi connectivity index (χ4n) is 4.99. The van der Waals surface area contributed by atoms with Crippen LogP contribution in [0.3, 0.4) is 0 Å². The SMILES string of the molecule is O=C(NC1CCCCC1)C(Cc1ccccc1)N(Cc1ccc(Cl)c(Cl)c1)C(=O)CSCc1ccc([N+](=O)[O-])cc1. The van der Waals surface area contributed by atoms with Crippen molar-refractivity contribution >= 4 is 52.5 Å². The minimum Gasteiger partial charge on any atom is -0.352 e. The molecule has 0 aliphatic heterocycles. The van der Waals surface area contributed by atoms with Crippen molar-refractivity contribution in [2.75, 3.05) is 5.75 Å². The number of hydrogen-bond acceptors (Lipinski definition) is 5. The molecule has 41 heavy (non-hydrogen) atoms. The van der Waals surface area contributed by atoms with Gasteiger partial charge in [0.15, 0.2) is 0 Å². The minimum atomic E-state index is -0.721. The van der Waals surface area contributed by atoms with E-state index in [0.29, 0.717) is 22.2 Å². The molecule has 216 valence electrons. The van der Waals surface area contributed by atoms with Gasteiger partial charge in [-0.2, -0.15) is 0 Å². The van der Waals surface area contributed by atoms with Gasteiger partial charge in [-0.1, -0.05) is 91.0 Å². The van der Waals surface area contributed by atoms with E-state index in [-0.39, 0.29) is 35.8 Å². The monoisotopic (exact) mass is 613 g/mol. The number of nitrogens with zero attached hydrogens (tertiary/aromatic N) is 2. The van der Waals surface area contributed by atoms with Crippen molar-refractivity contribution in [3.05, 3.63) is 110 Å². The van der Waals surface area contributed by atoms with Crippen molar-refractivity contribution in [2.24, 2.45) is 0 Å². The van der Waals surface area contributed by atoms with E-state index < -0.39 is 11.0 Å². The number of carbonyl (C=O) groups is 2. The number of halogens is 2. The van der Waals surface area contributed by atoms with Crippen LogP contribution in [-0.4, -0.2) is 39.5 Å². The zero-order valence-electron chi connectivity index (χ0n) is 22.6. The highest BCUT2D eigenvalue weighted by molar-refractivity contribution is 7.99. The highest BCUT2D eigenvalue weighted by Gasteiger charge is 2.32. The normalized spacial score (nSPS) is 14.3. The highest BCUT2D eigenvalue weighted by Crippen LogP contribution is 2.26. The third kappa shape index (κ3) is 9.21. The summed E-state index contributed by atoms with van der Waals surface area (Å²) in [5, 5.41) is 15.0. The van der Waals surface area contributed by atoms with Crippen molar-refractivity contribution in [3.8, 4) is 0 Å². The molecule has 0 bridgehead atoms. The van der Waals surface area contributed by atoms with Crippen LogP contribution < -0.4 is 5.32 Å². The van der Waals surface area contributed by atoms with Gasteiger partial charge in [-0.3, -0.25) is 19.7 Å². The predicted octanol–water partition coefficient (Wildman–Crippen LogP) is 7.22. The maximum absolute atomic E-state index is 13.8. The smallest absolute Gasteiger partial charge is 0.269 e. The van der Waals surface area contributed by atoms with Crippen LogP contribution in [0.5, 0.6) is 0 Å². The van der Waals surface area contributed by atoms with Crippen molar-refractivity contribution in [2.45, 2.75) is 62.9 Å². The summed E-state index contributed by atoms with van der Waals surface area (Å²) >= 11 is 13.8. The molecule has 0 saturated heterocycles. The summed E-state index contributed by atoms with van der Waals surface area (Å²) in [6.45, 7) is 0.198. The summed E-state index contributed by atoms with van der Waals surface area (Å²) < 4.78 is 0. The Labute approximate surface area is 254 Å². The minimum absolute atomic E-state index is 0.0235. The number of thioether (sulfide) groups is 1. The number of nitro benzene ring substituents is 1. The second-order valence-electron chi connectivity index (χ2n) is 10.2. The summed E-state index contributed by atoms with van der Waals surface area (Å²) in [5.41, 5.74) is 2.63. The van der Waals surface area contributed by atoms with Gasteiger partial charge in [0, 0.05) is 36.9 Å². The predicted molar refractivity (Wildman–Crippen MR) is 165 cm³/mol. The van der Waals surface area contributed by atoms with Gasteiger partial charge < -0.3 is 10.2 Å². The molecule has 1 unspecified atom stereocenters. The number of benzene rings is 3. The van der Waals surface area contributed by atoms with Gasteiger partial charge in [-0.25, -0.2) is 0 Å². The van der Waals surface area contributed by atoms with Gasteiger partial charge in [-0.15, -0.1) is 11.8 Å². The number of amides is 2. The highest BCUT2D eigenvalue weighted by atomic mass is 35.5. The molecule has 1 aliphatic rings. The molecule has 1 aliphatic carbocycles. The zero-order chi connectivity index (χ0) is 29.2. The zero-order valence-corrected chi connectivity index (χ0v) is 25.0. The molecule has 0 heterocycles. The molecule has 0 aromatic heterocycles. The van der Waals surface area contributed by atoms with E-state index in [0.717, 1.165) is 42.4 Å². The second kappa shape index (κ2) is 15.2. The van der Waals surface area contributed by atoms with Crippen molar-refractivity contribution in [1.29, 1.82) is 0 Å². The van der Waals surface area contributed by atoms with Crippen LogP contribution in [0.2, 0.25) is 10.0 Å². The Balaban J connectivity index is 1.56. The first-order valence-corrected chi connectivity index (χ1v) is 15.6. The molecule has 2 amide bonds. The maximum atomic E-state index is 13.8. The fraction of sp³-hybridized carbons (Fsp3) is 0.355. The topological polar surface area (TPSA) is 92.6 Å². The lowest BCUT2D eigenvalue weighted by Crippen LogP contribution is -2.53. The molecule has 1 N–H and O–H groups in total. The van der Waals surface area contributed by atoms with Gasteiger partial charge in [-0.05, 0) is 41.7 Å². The average molecular weight is 615 g/mol. The molecule has 3 aromatic rings. The second-order valence-corrected chi connectivity index (χ2v) is 12.0. The molecular weight excluding hydrogens is 581 g/mol. The first kappa shape index (κ1) is 30.9. The Hall–Kier alpha value is -3.07. The number of carbonyl (C=O) groups excluding carboxylic acids is 2. The van der Waals surface area contributed by atoms with E-state index in [4.69, 9.17) is 23.2 Å². The van der Waals surface area contributed by atoms with E-state index >= 15 is 0 Å². The molecule has 1 saturated carbocycles. The molecule has 4 rings (SSSR count). The van der Waals surface area contributed by atoms with Gasteiger partial charge in [0.05, 0.1) is 20.7 Å². The van der Waals surface area contributed by atoms with E-state index in [2.05, 4.69) is 5.32 Å². The van der Waals surface area contributed by atoms with Crippen molar-refractivity contribution in [1.82, 2.24) is 10.2 Å². The van der Waals surface area contributed by atoms with Crippen LogP contribution in [0.25, 0.3) is 0 Å². The third-order valence-electron chi connectivity index (χ3n) is 7.20. The quantitative estimate of drug-likeness (QED) is 0.172. The summed E-state index contributed by atoms with van der Waals surface area (Å²) in [7, 11) is 0. The fourth-order valence-corrected chi connectivity index (χ4v) is 6.18. The molecule has 0 spiro atoms. The van der Waals surface area contributed by atoms with Crippen LogP contribution >= 0.6 is 35.0 Å². The Kier molecular flexibility index (Phi) is 11.5. The van der Waals surface area contributed by atoms with Crippen LogP contribution in [-0.2, 0) is 28.3 Å². The molecular formula is C31H33Cl2N3O4S. The standard InChI is InChI=1S/C31H33Cl2N3O4S/c32-27-16-13-24(17-28(27)33)19-35(30(37)21-41-20-23-11-14-26(15-12-23)36(39)40)29(18-22-7-3-1-4-8-22)31(38)34-25-9-5-2-6-10-25/h1,3-4,7-8,11-17,25,29H,2,5-6,9-10,18-21H2,(H,34,38). The van der Waals surface area contributed by atoms with Gasteiger partial charge in [0.2, 0.25) is 11.8 Å². The van der Waals surface area contributed by atoms with Crippen LogP contribution in [0, 0.1) is 10.1 Å². The lowest BCUT2D eigenvalue weighted by atomic mass is 9.94. The molecule has 10 heteroatoms. The van der Waals surface area contributed by atoms with E-state index in [1.165, 1.54) is 30.3 Å². The third-order valence-corrected chi connectivity index (χ3v) is 8.93. The molecule has 7 nitrogen and oxygen atoms in total. The Morgan fingerprint density at radius 2 is 1.61 bits per heavy atom. The lowest BCUT2D eigenvalue weighted by molar-refractivity contribution is -0.384. The largest absolute Gasteiger partial charge is 0.352 e. The number of nitrogens with one attached hydrogen (secondary N) is 1. The van der Waals surface area contributed by atoms with Crippen molar-refractivity contribution in [3.63, 3.8) is 0 Å². The Morgan fingerprint density at radius 1 is 0.927 bits per heavy atom. The first-order chi connectivity index (χ1) is 19.8. The molecule has 3 aromatic carbocycles. The van der Waals surface area contributed by atoms with Gasteiger partial charge in [0.25, 0.3) is 5.69 Å². The molecule has 0 radical (unpaired) electrons. The number of hydrogen-bond donors (Lipinski definition) is 1. The number of nitro groups is 1. The number of non-ortho nitro benzene ring substituents is 1. The van der Waals surface area contributed by atoms with Crippen LogP contribution in [0.1, 0.15) is 48.8 Å². The van der Waals surface area contributed by atoms with E-state index in [1.54, 1.807) is 29.2 Å².